The number of aryl methyl sites for hydroxylation is 1. The summed E-state index contributed by atoms with van der Waals surface area (Å²) >= 11 is 0. The minimum atomic E-state index is -0.799. The number of amides is 2. The van der Waals surface area contributed by atoms with Crippen LogP contribution in [0.5, 0.6) is 0 Å². The number of nitrogen functional groups attached to an aromatic ring is 1. The van der Waals surface area contributed by atoms with Gasteiger partial charge in [0.05, 0.1) is 11.6 Å². The Labute approximate surface area is 99.1 Å². The molecule has 0 aliphatic heterocycles. The molecule has 1 aromatic heterocycles. The lowest BCUT2D eigenvalue weighted by Crippen LogP contribution is -2.42. The van der Waals surface area contributed by atoms with Crippen molar-refractivity contribution in [3.05, 3.63) is 11.8 Å². The highest BCUT2D eigenvalue weighted by Gasteiger charge is 2.26. The lowest BCUT2D eigenvalue weighted by molar-refractivity contribution is -0.125. The number of aromatic nitrogens is 2. The number of carbonyl (C=O) groups is 2. The zero-order chi connectivity index (χ0) is 13.2. The Morgan fingerprint density at radius 3 is 2.53 bits per heavy atom. The Morgan fingerprint density at radius 2 is 2.12 bits per heavy atom. The highest BCUT2D eigenvalue weighted by molar-refractivity contribution is 5.98. The van der Waals surface area contributed by atoms with Crippen LogP contribution < -0.4 is 16.8 Å². The van der Waals surface area contributed by atoms with Crippen molar-refractivity contribution < 1.29 is 9.59 Å². The van der Waals surface area contributed by atoms with Crippen molar-refractivity contribution in [1.82, 2.24) is 15.1 Å². The molecule has 7 heteroatoms. The molecule has 0 saturated heterocycles. The summed E-state index contributed by atoms with van der Waals surface area (Å²) in [6.45, 7) is 3.46. The van der Waals surface area contributed by atoms with Crippen LogP contribution in [-0.4, -0.2) is 28.1 Å². The summed E-state index contributed by atoms with van der Waals surface area (Å²) in [6, 6.07) is 0. The second kappa shape index (κ2) is 4.44. The molecule has 0 aliphatic rings. The van der Waals surface area contributed by atoms with Crippen molar-refractivity contribution >= 4 is 17.6 Å². The van der Waals surface area contributed by atoms with E-state index < -0.39 is 11.3 Å². The highest BCUT2D eigenvalue weighted by Crippen LogP contribution is 2.13. The number of nitrogens with two attached hydrogens (primary N) is 2. The monoisotopic (exact) mass is 239 g/mol. The molecule has 1 aromatic rings. The molecule has 0 radical (unpaired) electrons. The fourth-order valence-corrected chi connectivity index (χ4v) is 1.11. The molecule has 0 unspecified atom stereocenters. The second-order valence-corrected chi connectivity index (χ2v) is 4.50. The van der Waals surface area contributed by atoms with Crippen molar-refractivity contribution in [3.63, 3.8) is 0 Å². The van der Waals surface area contributed by atoms with Crippen molar-refractivity contribution in [1.29, 1.82) is 0 Å². The number of nitrogens with one attached hydrogen (secondary N) is 1. The molecule has 1 rings (SSSR count). The second-order valence-electron chi connectivity index (χ2n) is 4.50. The summed E-state index contributed by atoms with van der Waals surface area (Å²) in [5.74, 6) is -0.568. The normalized spacial score (nSPS) is 11.2. The van der Waals surface area contributed by atoms with Gasteiger partial charge in [-0.2, -0.15) is 5.10 Å². The first-order chi connectivity index (χ1) is 7.75. The van der Waals surface area contributed by atoms with E-state index in [1.807, 2.05) is 0 Å². The van der Waals surface area contributed by atoms with Crippen LogP contribution in [0.15, 0.2) is 6.20 Å². The predicted octanol–water partition coefficient (Wildman–Crippen LogP) is -0.756. The molecule has 5 N–H and O–H groups in total. The van der Waals surface area contributed by atoms with Gasteiger partial charge in [0.1, 0.15) is 11.4 Å². The quantitative estimate of drug-likeness (QED) is 0.640. The standard InChI is InChI=1S/C10H17N5O2/c1-10(2,9(12)17)5-13-8(16)6-4-14-15(3)7(6)11/h4H,5,11H2,1-3H3,(H2,12,17)(H,13,16). The lowest BCUT2D eigenvalue weighted by Gasteiger charge is -2.20. The summed E-state index contributed by atoms with van der Waals surface area (Å²) in [5.41, 5.74) is 10.3. The minimum absolute atomic E-state index is 0.148. The summed E-state index contributed by atoms with van der Waals surface area (Å²) in [6.07, 6.45) is 1.38. The van der Waals surface area contributed by atoms with Gasteiger partial charge in [-0.15, -0.1) is 0 Å². The minimum Gasteiger partial charge on any atom is -0.383 e. The third-order valence-electron chi connectivity index (χ3n) is 2.59. The molecule has 0 aliphatic carbocycles. The number of primary amides is 1. The van der Waals surface area contributed by atoms with Crippen LogP contribution in [0.2, 0.25) is 0 Å². The molecule has 0 aromatic carbocycles. The lowest BCUT2D eigenvalue weighted by atomic mass is 9.93. The van der Waals surface area contributed by atoms with Gasteiger partial charge in [0.25, 0.3) is 5.91 Å². The van der Waals surface area contributed by atoms with Gasteiger partial charge in [0.15, 0.2) is 0 Å². The number of hydrogen-bond donors (Lipinski definition) is 3. The van der Waals surface area contributed by atoms with Gasteiger partial charge in [-0.05, 0) is 13.8 Å². The summed E-state index contributed by atoms with van der Waals surface area (Å²) in [7, 11) is 1.64. The highest BCUT2D eigenvalue weighted by atomic mass is 16.2. The summed E-state index contributed by atoms with van der Waals surface area (Å²) < 4.78 is 1.40. The Bertz CT molecular complexity index is 450. The predicted molar refractivity (Wildman–Crippen MR) is 62.9 cm³/mol. The first-order valence-electron chi connectivity index (χ1n) is 5.11. The zero-order valence-corrected chi connectivity index (χ0v) is 10.2. The molecule has 0 fully saturated rings. The van der Waals surface area contributed by atoms with Gasteiger partial charge in [-0.3, -0.25) is 14.3 Å². The number of hydrogen-bond acceptors (Lipinski definition) is 4. The van der Waals surface area contributed by atoms with Crippen molar-refractivity contribution in [2.45, 2.75) is 13.8 Å². The maximum atomic E-state index is 11.8. The van der Waals surface area contributed by atoms with Crippen molar-refractivity contribution in [2.24, 2.45) is 18.2 Å². The SMILES string of the molecule is Cn1ncc(C(=O)NCC(C)(C)C(N)=O)c1N. The van der Waals surface area contributed by atoms with Gasteiger partial charge in [0.2, 0.25) is 5.91 Å². The van der Waals surface area contributed by atoms with E-state index in [2.05, 4.69) is 10.4 Å². The van der Waals surface area contributed by atoms with E-state index in [-0.39, 0.29) is 23.8 Å². The average Bonchev–Trinajstić information content (AvgIpc) is 2.56. The van der Waals surface area contributed by atoms with E-state index in [0.717, 1.165) is 0 Å². The third-order valence-corrected chi connectivity index (χ3v) is 2.59. The van der Waals surface area contributed by atoms with E-state index in [1.54, 1.807) is 20.9 Å². The summed E-state index contributed by atoms with van der Waals surface area (Å²) in [5, 5.41) is 6.46. The Balaban J connectivity index is 2.69. The maximum absolute atomic E-state index is 11.8. The van der Waals surface area contributed by atoms with Crippen LogP contribution in [0.25, 0.3) is 0 Å². The molecule has 0 atom stereocenters. The van der Waals surface area contributed by atoms with Crippen LogP contribution in [0.3, 0.4) is 0 Å². The van der Waals surface area contributed by atoms with E-state index in [9.17, 15) is 9.59 Å². The molecule has 1 heterocycles. The smallest absolute Gasteiger partial charge is 0.256 e. The zero-order valence-electron chi connectivity index (χ0n) is 10.2. The number of carbonyl (C=O) groups excluding carboxylic acids is 2. The van der Waals surface area contributed by atoms with E-state index in [1.165, 1.54) is 10.9 Å². The first-order valence-corrected chi connectivity index (χ1v) is 5.11. The van der Waals surface area contributed by atoms with Crippen LogP contribution >= 0.6 is 0 Å². The van der Waals surface area contributed by atoms with Crippen LogP contribution in [0.4, 0.5) is 5.82 Å². The van der Waals surface area contributed by atoms with Gasteiger partial charge in [0, 0.05) is 13.6 Å². The topological polar surface area (TPSA) is 116 Å². The van der Waals surface area contributed by atoms with E-state index in [0.29, 0.717) is 0 Å². The average molecular weight is 239 g/mol. The number of anilines is 1. The van der Waals surface area contributed by atoms with Crippen LogP contribution in [0.1, 0.15) is 24.2 Å². The fourth-order valence-electron chi connectivity index (χ4n) is 1.11. The van der Waals surface area contributed by atoms with E-state index >= 15 is 0 Å². The van der Waals surface area contributed by atoms with Gasteiger partial charge < -0.3 is 16.8 Å². The van der Waals surface area contributed by atoms with Crippen molar-refractivity contribution in [3.8, 4) is 0 Å². The van der Waals surface area contributed by atoms with Gasteiger partial charge >= 0.3 is 0 Å². The Kier molecular flexibility index (Phi) is 3.40. The fraction of sp³-hybridized carbons (Fsp3) is 0.500. The molecule has 7 nitrogen and oxygen atoms in total. The van der Waals surface area contributed by atoms with Gasteiger partial charge in [-0.25, -0.2) is 0 Å². The molecule has 0 saturated carbocycles. The number of nitrogens with zero attached hydrogens (tertiary/aromatic N) is 2. The number of rotatable bonds is 4. The van der Waals surface area contributed by atoms with Crippen LogP contribution in [0, 0.1) is 5.41 Å². The molecular weight excluding hydrogens is 222 g/mol. The Hall–Kier alpha value is -2.05. The molecule has 0 bridgehead atoms. The molecular formula is C10H17N5O2. The Morgan fingerprint density at radius 1 is 1.53 bits per heavy atom. The molecule has 0 spiro atoms. The van der Waals surface area contributed by atoms with E-state index in [4.69, 9.17) is 11.5 Å². The largest absolute Gasteiger partial charge is 0.383 e. The molecule has 17 heavy (non-hydrogen) atoms. The summed E-state index contributed by atoms with van der Waals surface area (Å²) in [4.78, 5) is 22.8. The third kappa shape index (κ3) is 2.74. The molecule has 2 amide bonds. The van der Waals surface area contributed by atoms with Gasteiger partial charge in [-0.1, -0.05) is 0 Å². The van der Waals surface area contributed by atoms with Crippen LogP contribution in [-0.2, 0) is 11.8 Å². The molecule has 94 valence electrons. The van der Waals surface area contributed by atoms with Crippen molar-refractivity contribution in [2.75, 3.05) is 12.3 Å². The maximum Gasteiger partial charge on any atom is 0.256 e. The first kappa shape index (κ1) is 13.0.